The molecule has 0 amide bonds. The first-order chi connectivity index (χ1) is 5.95. The van der Waals surface area contributed by atoms with E-state index >= 15 is 0 Å². The SMILES string of the molecule is CC1O[C@@H](C)[C@H](O)C(N(C)C)[C@H]1O. The summed E-state index contributed by atoms with van der Waals surface area (Å²) in [4.78, 5) is 1.84. The normalized spacial score (nSPS) is 46.8. The van der Waals surface area contributed by atoms with Crippen LogP contribution < -0.4 is 0 Å². The number of aliphatic hydroxyl groups excluding tert-OH is 2. The Morgan fingerprint density at radius 1 is 1.00 bits per heavy atom. The van der Waals surface area contributed by atoms with E-state index < -0.39 is 12.2 Å². The van der Waals surface area contributed by atoms with Crippen molar-refractivity contribution in [3.63, 3.8) is 0 Å². The molecular weight excluding hydrogens is 170 g/mol. The largest absolute Gasteiger partial charge is 0.389 e. The zero-order valence-corrected chi connectivity index (χ0v) is 8.64. The Morgan fingerprint density at radius 2 is 1.38 bits per heavy atom. The van der Waals surface area contributed by atoms with Crippen molar-refractivity contribution in [1.82, 2.24) is 4.90 Å². The van der Waals surface area contributed by atoms with Crippen LogP contribution in [0.25, 0.3) is 0 Å². The summed E-state index contributed by atoms with van der Waals surface area (Å²) in [5, 5.41) is 19.5. The molecule has 78 valence electrons. The van der Waals surface area contributed by atoms with Crippen molar-refractivity contribution in [2.75, 3.05) is 14.1 Å². The molecule has 0 aromatic heterocycles. The lowest BCUT2D eigenvalue weighted by Crippen LogP contribution is -2.60. The predicted molar refractivity (Wildman–Crippen MR) is 49.5 cm³/mol. The molecule has 1 saturated heterocycles. The number of ether oxygens (including phenoxy) is 1. The van der Waals surface area contributed by atoms with E-state index in [0.717, 1.165) is 0 Å². The molecule has 5 atom stereocenters. The van der Waals surface area contributed by atoms with E-state index in [-0.39, 0.29) is 18.2 Å². The average Bonchev–Trinajstić information content (AvgIpc) is 2.01. The van der Waals surface area contributed by atoms with Crippen LogP contribution in [-0.4, -0.2) is 59.7 Å². The Hall–Kier alpha value is -0.160. The number of hydrogen-bond acceptors (Lipinski definition) is 4. The predicted octanol–water partition coefficient (Wildman–Crippen LogP) is -0.554. The van der Waals surface area contributed by atoms with Crippen LogP contribution in [0.15, 0.2) is 0 Å². The van der Waals surface area contributed by atoms with Gasteiger partial charge in [0, 0.05) is 0 Å². The van der Waals surface area contributed by atoms with E-state index in [0.29, 0.717) is 0 Å². The van der Waals surface area contributed by atoms with Gasteiger partial charge in [-0.15, -0.1) is 0 Å². The van der Waals surface area contributed by atoms with Crippen LogP contribution in [0, 0.1) is 0 Å². The first-order valence-corrected chi connectivity index (χ1v) is 4.63. The first-order valence-electron chi connectivity index (χ1n) is 4.63. The maximum Gasteiger partial charge on any atom is 0.0979 e. The third kappa shape index (κ3) is 2.02. The van der Waals surface area contributed by atoms with E-state index in [2.05, 4.69) is 0 Å². The molecule has 1 rings (SSSR count). The molecule has 13 heavy (non-hydrogen) atoms. The molecule has 0 radical (unpaired) electrons. The minimum atomic E-state index is -0.624. The Balaban J connectivity index is 2.76. The summed E-state index contributed by atoms with van der Waals surface area (Å²) in [6.07, 6.45) is -1.68. The number of rotatable bonds is 1. The first kappa shape index (κ1) is 10.9. The summed E-state index contributed by atoms with van der Waals surface area (Å²) in [7, 11) is 3.70. The van der Waals surface area contributed by atoms with Crippen LogP contribution in [0.5, 0.6) is 0 Å². The van der Waals surface area contributed by atoms with Gasteiger partial charge in [0.15, 0.2) is 0 Å². The number of likely N-dealkylation sites (N-methyl/N-ethyl adjacent to an activating group) is 1. The van der Waals surface area contributed by atoms with Gasteiger partial charge in [0.05, 0.1) is 30.5 Å². The number of aliphatic hydroxyl groups is 2. The fourth-order valence-corrected chi connectivity index (χ4v) is 1.87. The maximum atomic E-state index is 9.77. The summed E-state index contributed by atoms with van der Waals surface area (Å²) in [5.74, 6) is 0. The molecule has 1 aliphatic rings. The van der Waals surface area contributed by atoms with Crippen LogP contribution in [0.1, 0.15) is 13.8 Å². The molecule has 0 saturated carbocycles. The second-order valence-electron chi connectivity index (χ2n) is 3.98. The smallest absolute Gasteiger partial charge is 0.0979 e. The van der Waals surface area contributed by atoms with Gasteiger partial charge in [0.25, 0.3) is 0 Å². The summed E-state index contributed by atoms with van der Waals surface area (Å²) in [5.41, 5.74) is 0. The number of hydrogen-bond donors (Lipinski definition) is 2. The van der Waals surface area contributed by atoms with E-state index in [9.17, 15) is 10.2 Å². The van der Waals surface area contributed by atoms with Crippen molar-refractivity contribution in [2.45, 2.75) is 44.3 Å². The molecule has 0 aromatic carbocycles. The third-order valence-electron chi connectivity index (χ3n) is 2.69. The van der Waals surface area contributed by atoms with Gasteiger partial charge < -0.3 is 19.8 Å². The number of nitrogens with zero attached hydrogens (tertiary/aromatic N) is 1. The van der Waals surface area contributed by atoms with E-state index in [1.807, 2.05) is 32.8 Å². The molecule has 2 unspecified atom stereocenters. The molecule has 1 aliphatic heterocycles. The van der Waals surface area contributed by atoms with Crippen molar-refractivity contribution >= 4 is 0 Å². The third-order valence-corrected chi connectivity index (χ3v) is 2.69. The molecule has 0 spiro atoms. The minimum Gasteiger partial charge on any atom is -0.389 e. The summed E-state index contributed by atoms with van der Waals surface area (Å²) in [6.45, 7) is 3.65. The lowest BCUT2D eigenvalue weighted by Gasteiger charge is -2.43. The second kappa shape index (κ2) is 3.92. The van der Waals surface area contributed by atoms with Gasteiger partial charge in [-0.05, 0) is 27.9 Å². The van der Waals surface area contributed by atoms with Crippen molar-refractivity contribution in [3.8, 4) is 0 Å². The van der Waals surface area contributed by atoms with Gasteiger partial charge in [-0.2, -0.15) is 0 Å². The van der Waals surface area contributed by atoms with E-state index in [1.165, 1.54) is 0 Å². The second-order valence-corrected chi connectivity index (χ2v) is 3.98. The van der Waals surface area contributed by atoms with Gasteiger partial charge in [-0.25, -0.2) is 0 Å². The molecule has 0 aromatic rings. The van der Waals surface area contributed by atoms with Gasteiger partial charge in [-0.1, -0.05) is 0 Å². The quantitative estimate of drug-likeness (QED) is 0.581. The monoisotopic (exact) mass is 189 g/mol. The summed E-state index contributed by atoms with van der Waals surface area (Å²) in [6, 6.07) is -0.237. The van der Waals surface area contributed by atoms with Crippen LogP contribution in [0.4, 0.5) is 0 Å². The highest BCUT2D eigenvalue weighted by molar-refractivity contribution is 4.93. The molecule has 1 heterocycles. The Kier molecular flexibility index (Phi) is 3.29. The van der Waals surface area contributed by atoms with Crippen LogP contribution >= 0.6 is 0 Å². The standard InChI is InChI=1S/C9H19NO3/c1-5-8(11)7(10(3)4)9(12)6(2)13-5/h5-9,11-12H,1-4H3/t5-,6?,7?,8-,9-/m0/s1. The van der Waals surface area contributed by atoms with Gasteiger partial charge >= 0.3 is 0 Å². The van der Waals surface area contributed by atoms with Gasteiger partial charge in [-0.3, -0.25) is 0 Å². The van der Waals surface area contributed by atoms with Crippen molar-refractivity contribution in [1.29, 1.82) is 0 Å². The highest BCUT2D eigenvalue weighted by atomic mass is 16.5. The van der Waals surface area contributed by atoms with Crippen molar-refractivity contribution in [3.05, 3.63) is 0 Å². The summed E-state index contributed by atoms with van der Waals surface area (Å²) < 4.78 is 5.36. The average molecular weight is 189 g/mol. The topological polar surface area (TPSA) is 52.9 Å². The Morgan fingerprint density at radius 3 is 1.69 bits per heavy atom. The molecule has 0 bridgehead atoms. The molecule has 0 aliphatic carbocycles. The molecular formula is C9H19NO3. The summed E-state index contributed by atoms with van der Waals surface area (Å²) >= 11 is 0. The van der Waals surface area contributed by atoms with Gasteiger partial charge in [0.2, 0.25) is 0 Å². The minimum absolute atomic E-state index is 0.217. The van der Waals surface area contributed by atoms with Crippen molar-refractivity contribution in [2.24, 2.45) is 0 Å². The fraction of sp³-hybridized carbons (Fsp3) is 1.00. The fourth-order valence-electron chi connectivity index (χ4n) is 1.87. The van der Waals surface area contributed by atoms with Crippen LogP contribution in [-0.2, 0) is 4.74 Å². The van der Waals surface area contributed by atoms with E-state index in [4.69, 9.17) is 4.74 Å². The maximum absolute atomic E-state index is 9.77. The van der Waals surface area contributed by atoms with Crippen LogP contribution in [0.3, 0.4) is 0 Å². The van der Waals surface area contributed by atoms with Gasteiger partial charge in [0.1, 0.15) is 0 Å². The lowest BCUT2D eigenvalue weighted by atomic mass is 9.93. The molecule has 4 heteroatoms. The van der Waals surface area contributed by atoms with Crippen LogP contribution in [0.2, 0.25) is 0 Å². The molecule has 4 nitrogen and oxygen atoms in total. The molecule has 2 N–H and O–H groups in total. The highest BCUT2D eigenvalue weighted by Crippen LogP contribution is 2.23. The highest BCUT2D eigenvalue weighted by Gasteiger charge is 2.41. The molecule has 1 fully saturated rings. The Labute approximate surface area is 79.1 Å². The van der Waals surface area contributed by atoms with E-state index in [1.54, 1.807) is 0 Å². The van der Waals surface area contributed by atoms with Crippen molar-refractivity contribution < 1.29 is 14.9 Å². The lowest BCUT2D eigenvalue weighted by molar-refractivity contribution is -0.189. The Bertz CT molecular complexity index is 160. The zero-order valence-electron chi connectivity index (χ0n) is 8.64. The zero-order chi connectivity index (χ0) is 10.2.